The fourth-order valence-corrected chi connectivity index (χ4v) is 2.16. The van der Waals surface area contributed by atoms with Gasteiger partial charge in [0.15, 0.2) is 0 Å². The van der Waals surface area contributed by atoms with E-state index in [2.05, 4.69) is 5.32 Å². The van der Waals surface area contributed by atoms with E-state index in [9.17, 15) is 20.0 Å². The number of hydrogen-bond donors (Lipinski definition) is 2. The summed E-state index contributed by atoms with van der Waals surface area (Å²) >= 11 is 0. The number of aryl methyl sites for hydroxylation is 1. The summed E-state index contributed by atoms with van der Waals surface area (Å²) in [6.45, 7) is 1.42. The average Bonchev–Trinajstić information content (AvgIpc) is 2.52. The molecule has 0 saturated heterocycles. The Labute approximate surface area is 127 Å². The molecule has 0 unspecified atom stereocenters. The second-order valence-electron chi connectivity index (χ2n) is 4.93. The highest BCUT2D eigenvalue weighted by molar-refractivity contribution is 5.95. The van der Waals surface area contributed by atoms with Crippen LogP contribution in [0.4, 0.5) is 5.69 Å². The lowest BCUT2D eigenvalue weighted by molar-refractivity contribution is -0.384. The van der Waals surface area contributed by atoms with Gasteiger partial charge in [-0.1, -0.05) is 30.3 Å². The molecule has 0 aliphatic carbocycles. The highest BCUT2D eigenvalue weighted by Gasteiger charge is 2.17. The van der Waals surface area contributed by atoms with Crippen molar-refractivity contribution in [1.82, 2.24) is 5.32 Å². The molecule has 0 saturated carbocycles. The number of nitro benzene ring substituents is 1. The molecule has 1 amide bonds. The molecule has 2 aromatic rings. The van der Waals surface area contributed by atoms with Gasteiger partial charge in [-0.3, -0.25) is 14.9 Å². The predicted molar refractivity (Wildman–Crippen MR) is 81.6 cm³/mol. The average molecular weight is 300 g/mol. The minimum atomic E-state index is -0.562. The highest BCUT2D eigenvalue weighted by atomic mass is 16.6. The van der Waals surface area contributed by atoms with Crippen LogP contribution < -0.4 is 5.32 Å². The SMILES string of the molecule is Cc1cc(C(=O)N[C@H](CO)c2ccccc2)cc([N+](=O)[O-])c1. The van der Waals surface area contributed by atoms with Crippen molar-refractivity contribution in [2.45, 2.75) is 13.0 Å². The number of carbonyl (C=O) groups is 1. The molecule has 0 spiro atoms. The summed E-state index contributed by atoms with van der Waals surface area (Å²) in [5.41, 5.74) is 1.45. The molecule has 114 valence electrons. The van der Waals surface area contributed by atoms with E-state index in [0.717, 1.165) is 5.56 Å². The van der Waals surface area contributed by atoms with Crippen LogP contribution in [-0.4, -0.2) is 22.5 Å². The van der Waals surface area contributed by atoms with Crippen molar-refractivity contribution >= 4 is 11.6 Å². The molecule has 0 fully saturated rings. The first kappa shape index (κ1) is 15.7. The zero-order valence-electron chi connectivity index (χ0n) is 12.0. The number of carbonyl (C=O) groups excluding carboxylic acids is 1. The molecule has 0 aliphatic rings. The summed E-state index contributed by atoms with van der Waals surface area (Å²) < 4.78 is 0. The van der Waals surface area contributed by atoms with Gasteiger partial charge in [-0.05, 0) is 24.1 Å². The number of non-ortho nitro benzene ring substituents is 1. The predicted octanol–water partition coefficient (Wildman–Crippen LogP) is 2.37. The van der Waals surface area contributed by atoms with E-state index in [1.807, 2.05) is 18.2 Å². The van der Waals surface area contributed by atoms with Crippen molar-refractivity contribution in [3.8, 4) is 0 Å². The molecule has 0 bridgehead atoms. The van der Waals surface area contributed by atoms with Gasteiger partial charge in [-0.25, -0.2) is 0 Å². The lowest BCUT2D eigenvalue weighted by Gasteiger charge is -2.16. The maximum absolute atomic E-state index is 12.3. The third-order valence-corrected chi connectivity index (χ3v) is 3.22. The van der Waals surface area contributed by atoms with Crippen LogP contribution in [-0.2, 0) is 0 Å². The molecule has 1 atom stereocenters. The number of aliphatic hydroxyl groups excluding tert-OH is 1. The monoisotopic (exact) mass is 300 g/mol. The Morgan fingerprint density at radius 1 is 1.27 bits per heavy atom. The van der Waals surface area contributed by atoms with Crippen molar-refractivity contribution in [2.75, 3.05) is 6.61 Å². The van der Waals surface area contributed by atoms with Crippen LogP contribution in [0.25, 0.3) is 0 Å². The number of hydrogen-bond acceptors (Lipinski definition) is 4. The molecular formula is C16H16N2O4. The zero-order chi connectivity index (χ0) is 16.1. The summed E-state index contributed by atoms with van der Waals surface area (Å²) in [6, 6.07) is 12.7. The minimum absolute atomic E-state index is 0.134. The highest BCUT2D eigenvalue weighted by Crippen LogP contribution is 2.18. The Bertz CT molecular complexity index is 686. The Kier molecular flexibility index (Phi) is 4.85. The second-order valence-corrected chi connectivity index (χ2v) is 4.93. The number of aliphatic hydroxyl groups is 1. The third kappa shape index (κ3) is 3.67. The smallest absolute Gasteiger partial charge is 0.270 e. The maximum atomic E-state index is 12.3. The quantitative estimate of drug-likeness (QED) is 0.655. The normalized spacial score (nSPS) is 11.7. The summed E-state index contributed by atoms with van der Waals surface area (Å²) in [4.78, 5) is 22.6. The molecule has 0 radical (unpaired) electrons. The standard InChI is InChI=1S/C16H16N2O4/c1-11-7-13(9-14(8-11)18(21)22)16(20)17-15(10-19)12-5-3-2-4-6-12/h2-9,15,19H,10H2,1H3,(H,17,20)/t15-/m1/s1. The van der Waals surface area contributed by atoms with Crippen LogP contribution in [0.2, 0.25) is 0 Å². The summed E-state index contributed by atoms with van der Waals surface area (Å²) in [6.07, 6.45) is 0. The number of nitrogens with one attached hydrogen (secondary N) is 1. The van der Waals surface area contributed by atoms with Crippen LogP contribution in [0.15, 0.2) is 48.5 Å². The molecule has 0 aromatic heterocycles. The minimum Gasteiger partial charge on any atom is -0.394 e. The summed E-state index contributed by atoms with van der Waals surface area (Å²) in [5, 5.41) is 23.0. The fraction of sp³-hybridized carbons (Fsp3) is 0.188. The van der Waals surface area contributed by atoms with Crippen LogP contribution in [0.3, 0.4) is 0 Å². The Balaban J connectivity index is 2.23. The van der Waals surface area contributed by atoms with E-state index in [-0.39, 0.29) is 17.9 Å². The lowest BCUT2D eigenvalue weighted by atomic mass is 10.1. The summed E-state index contributed by atoms with van der Waals surface area (Å²) in [5.74, 6) is -0.463. The van der Waals surface area contributed by atoms with Gasteiger partial charge in [0.05, 0.1) is 17.6 Å². The van der Waals surface area contributed by atoms with Gasteiger partial charge in [-0.15, -0.1) is 0 Å². The van der Waals surface area contributed by atoms with E-state index >= 15 is 0 Å². The van der Waals surface area contributed by atoms with Gasteiger partial charge in [0.25, 0.3) is 11.6 Å². The van der Waals surface area contributed by atoms with Crippen molar-refractivity contribution in [1.29, 1.82) is 0 Å². The first-order chi connectivity index (χ1) is 10.5. The first-order valence-electron chi connectivity index (χ1n) is 6.74. The molecule has 2 aromatic carbocycles. The van der Waals surface area contributed by atoms with Crippen molar-refractivity contribution in [3.05, 3.63) is 75.3 Å². The molecule has 2 N–H and O–H groups in total. The van der Waals surface area contributed by atoms with Crippen molar-refractivity contribution < 1.29 is 14.8 Å². The molecular weight excluding hydrogens is 284 g/mol. The van der Waals surface area contributed by atoms with Gasteiger partial charge in [0.2, 0.25) is 0 Å². The van der Waals surface area contributed by atoms with Gasteiger partial charge in [-0.2, -0.15) is 0 Å². The first-order valence-corrected chi connectivity index (χ1v) is 6.74. The van der Waals surface area contributed by atoms with Gasteiger partial charge >= 0.3 is 0 Å². The van der Waals surface area contributed by atoms with E-state index in [1.54, 1.807) is 25.1 Å². The lowest BCUT2D eigenvalue weighted by Crippen LogP contribution is -2.30. The Morgan fingerprint density at radius 3 is 2.55 bits per heavy atom. The molecule has 0 heterocycles. The molecule has 22 heavy (non-hydrogen) atoms. The maximum Gasteiger partial charge on any atom is 0.270 e. The third-order valence-electron chi connectivity index (χ3n) is 3.22. The molecule has 2 rings (SSSR count). The number of rotatable bonds is 5. The fourth-order valence-electron chi connectivity index (χ4n) is 2.16. The van der Waals surface area contributed by atoms with Gasteiger partial charge < -0.3 is 10.4 Å². The number of amides is 1. The Morgan fingerprint density at radius 2 is 1.95 bits per heavy atom. The van der Waals surface area contributed by atoms with E-state index < -0.39 is 16.9 Å². The largest absolute Gasteiger partial charge is 0.394 e. The van der Waals surface area contributed by atoms with Gasteiger partial charge in [0, 0.05) is 17.7 Å². The Hall–Kier alpha value is -2.73. The molecule has 0 aliphatic heterocycles. The second kappa shape index (κ2) is 6.82. The van der Waals surface area contributed by atoms with Gasteiger partial charge in [0.1, 0.15) is 0 Å². The molecule has 6 nitrogen and oxygen atoms in total. The van der Waals surface area contributed by atoms with E-state index in [4.69, 9.17) is 0 Å². The molecule has 6 heteroatoms. The van der Waals surface area contributed by atoms with Crippen LogP contribution in [0, 0.1) is 17.0 Å². The number of benzene rings is 2. The summed E-state index contributed by atoms with van der Waals surface area (Å²) in [7, 11) is 0. The van der Waals surface area contributed by atoms with E-state index in [1.165, 1.54) is 12.1 Å². The van der Waals surface area contributed by atoms with Crippen molar-refractivity contribution in [2.24, 2.45) is 0 Å². The zero-order valence-corrected chi connectivity index (χ0v) is 12.0. The van der Waals surface area contributed by atoms with Crippen LogP contribution in [0.5, 0.6) is 0 Å². The van der Waals surface area contributed by atoms with Crippen molar-refractivity contribution in [3.63, 3.8) is 0 Å². The topological polar surface area (TPSA) is 92.5 Å². The number of nitrogens with zero attached hydrogens (tertiary/aromatic N) is 1. The number of nitro groups is 1. The van der Waals surface area contributed by atoms with Crippen LogP contribution in [0.1, 0.15) is 27.5 Å². The van der Waals surface area contributed by atoms with E-state index in [0.29, 0.717) is 5.56 Å². The van der Waals surface area contributed by atoms with Crippen LogP contribution >= 0.6 is 0 Å².